The van der Waals surface area contributed by atoms with Crippen LogP contribution >= 0.6 is 22.9 Å². The molecule has 0 saturated carbocycles. The second-order valence-corrected chi connectivity index (χ2v) is 6.16. The molecule has 0 aliphatic heterocycles. The van der Waals surface area contributed by atoms with Crippen LogP contribution in [-0.2, 0) is 0 Å². The van der Waals surface area contributed by atoms with E-state index in [1.807, 2.05) is 0 Å². The zero-order valence-electron chi connectivity index (χ0n) is 12.0. The molecule has 2 amide bonds. The van der Waals surface area contributed by atoms with Gasteiger partial charge in [-0.05, 0) is 42.5 Å². The second-order valence-electron chi connectivity index (χ2n) is 4.67. The van der Waals surface area contributed by atoms with E-state index < -0.39 is 17.6 Å². The molecular weight excluding hydrogens is 355 g/mol. The maximum absolute atomic E-state index is 13.0. The van der Waals surface area contributed by atoms with Gasteiger partial charge in [-0.2, -0.15) is 0 Å². The number of halogens is 2. The predicted octanol–water partition coefficient (Wildman–Crippen LogP) is 4.64. The minimum Gasteiger partial charge on any atom is -0.459 e. The number of hydrogen-bond acceptors (Lipinski definition) is 4. The van der Waals surface area contributed by atoms with Crippen molar-refractivity contribution in [1.29, 1.82) is 0 Å². The Kier molecular flexibility index (Phi) is 4.64. The SMILES string of the molecule is O=C(Nc1ccc(C(=O)Nc2ccc(F)cc2Cl)s1)c1ccco1. The lowest BCUT2D eigenvalue weighted by molar-refractivity contribution is 0.0995. The Labute approximate surface area is 145 Å². The summed E-state index contributed by atoms with van der Waals surface area (Å²) in [6.45, 7) is 0. The van der Waals surface area contributed by atoms with Crippen molar-refractivity contribution in [2.75, 3.05) is 10.6 Å². The van der Waals surface area contributed by atoms with E-state index in [2.05, 4.69) is 10.6 Å². The Bertz CT molecular complexity index is 893. The summed E-state index contributed by atoms with van der Waals surface area (Å²) in [5.41, 5.74) is 0.303. The molecule has 122 valence electrons. The standard InChI is InChI=1S/C16H10ClFN2O3S/c17-10-8-9(18)3-4-11(10)19-16(22)13-5-6-14(24-13)20-15(21)12-2-1-7-23-12/h1-8H,(H,19,22)(H,20,21). The molecule has 24 heavy (non-hydrogen) atoms. The molecule has 0 atom stereocenters. The second kappa shape index (κ2) is 6.86. The molecule has 8 heteroatoms. The van der Waals surface area contributed by atoms with Crippen molar-refractivity contribution in [2.45, 2.75) is 0 Å². The normalized spacial score (nSPS) is 10.4. The number of thiophene rings is 1. The van der Waals surface area contributed by atoms with Crippen molar-refractivity contribution in [1.82, 2.24) is 0 Å². The Morgan fingerprint density at radius 1 is 1.08 bits per heavy atom. The van der Waals surface area contributed by atoms with Crippen molar-refractivity contribution >= 4 is 45.4 Å². The zero-order chi connectivity index (χ0) is 17.1. The first-order valence-electron chi connectivity index (χ1n) is 6.74. The zero-order valence-corrected chi connectivity index (χ0v) is 13.6. The molecule has 0 bridgehead atoms. The quantitative estimate of drug-likeness (QED) is 0.708. The molecule has 0 aliphatic rings. The summed E-state index contributed by atoms with van der Waals surface area (Å²) in [7, 11) is 0. The topological polar surface area (TPSA) is 71.3 Å². The van der Waals surface area contributed by atoms with E-state index in [-0.39, 0.29) is 10.8 Å². The van der Waals surface area contributed by atoms with Gasteiger partial charge in [-0.1, -0.05) is 11.6 Å². The van der Waals surface area contributed by atoms with Crippen LogP contribution in [0.15, 0.2) is 53.1 Å². The molecule has 0 aliphatic carbocycles. The van der Waals surface area contributed by atoms with E-state index in [4.69, 9.17) is 16.0 Å². The van der Waals surface area contributed by atoms with Crippen LogP contribution in [0.3, 0.4) is 0 Å². The summed E-state index contributed by atoms with van der Waals surface area (Å²) < 4.78 is 18.0. The summed E-state index contributed by atoms with van der Waals surface area (Å²) in [6, 6.07) is 10.00. The van der Waals surface area contributed by atoms with Crippen LogP contribution in [0.25, 0.3) is 0 Å². The molecule has 2 aromatic heterocycles. The third-order valence-electron chi connectivity index (χ3n) is 2.99. The lowest BCUT2D eigenvalue weighted by atomic mass is 10.3. The summed E-state index contributed by atoms with van der Waals surface area (Å²) in [6.07, 6.45) is 1.40. The van der Waals surface area contributed by atoms with Gasteiger partial charge < -0.3 is 15.1 Å². The van der Waals surface area contributed by atoms with Crippen molar-refractivity contribution in [3.05, 3.63) is 70.2 Å². The third-order valence-corrected chi connectivity index (χ3v) is 4.30. The van der Waals surface area contributed by atoms with Gasteiger partial charge in [0.2, 0.25) is 0 Å². The molecule has 0 unspecified atom stereocenters. The van der Waals surface area contributed by atoms with Gasteiger partial charge in [-0.25, -0.2) is 4.39 Å². The number of hydrogen-bond donors (Lipinski definition) is 2. The lowest BCUT2D eigenvalue weighted by Crippen LogP contribution is -2.11. The molecule has 1 aromatic carbocycles. The van der Waals surface area contributed by atoms with Gasteiger partial charge in [0.1, 0.15) is 5.82 Å². The number of nitrogens with one attached hydrogen (secondary N) is 2. The maximum Gasteiger partial charge on any atom is 0.291 e. The summed E-state index contributed by atoms with van der Waals surface area (Å²) in [4.78, 5) is 24.4. The van der Waals surface area contributed by atoms with Crippen molar-refractivity contribution in [2.24, 2.45) is 0 Å². The first-order chi connectivity index (χ1) is 11.5. The molecule has 3 aromatic rings. The number of benzene rings is 1. The molecule has 5 nitrogen and oxygen atoms in total. The average molecular weight is 365 g/mol. The van der Waals surface area contributed by atoms with E-state index in [9.17, 15) is 14.0 Å². The smallest absolute Gasteiger partial charge is 0.291 e. The highest BCUT2D eigenvalue weighted by atomic mass is 35.5. The summed E-state index contributed by atoms with van der Waals surface area (Å²) in [5, 5.41) is 5.82. The molecule has 0 fully saturated rings. The number of carbonyl (C=O) groups is 2. The fourth-order valence-corrected chi connectivity index (χ4v) is 2.89. The van der Waals surface area contributed by atoms with Gasteiger partial charge in [0.15, 0.2) is 5.76 Å². The van der Waals surface area contributed by atoms with Gasteiger partial charge in [0.05, 0.1) is 26.9 Å². The van der Waals surface area contributed by atoms with Crippen LogP contribution in [0.5, 0.6) is 0 Å². The number of furan rings is 1. The van der Waals surface area contributed by atoms with Crippen molar-refractivity contribution < 1.29 is 18.4 Å². The highest BCUT2D eigenvalue weighted by Crippen LogP contribution is 2.26. The molecule has 2 heterocycles. The van der Waals surface area contributed by atoms with Crippen LogP contribution in [0, 0.1) is 5.82 Å². The molecule has 0 spiro atoms. The van der Waals surface area contributed by atoms with Crippen LogP contribution < -0.4 is 10.6 Å². The van der Waals surface area contributed by atoms with Crippen LogP contribution in [0.4, 0.5) is 15.1 Å². The van der Waals surface area contributed by atoms with Crippen LogP contribution in [0.2, 0.25) is 5.02 Å². The first-order valence-corrected chi connectivity index (χ1v) is 7.93. The Morgan fingerprint density at radius 2 is 1.92 bits per heavy atom. The molecule has 0 saturated heterocycles. The van der Waals surface area contributed by atoms with Gasteiger partial charge in [0.25, 0.3) is 11.8 Å². The lowest BCUT2D eigenvalue weighted by Gasteiger charge is -2.05. The highest BCUT2D eigenvalue weighted by molar-refractivity contribution is 7.18. The van der Waals surface area contributed by atoms with Crippen molar-refractivity contribution in [3.63, 3.8) is 0 Å². The van der Waals surface area contributed by atoms with Gasteiger partial charge in [-0.3, -0.25) is 9.59 Å². The van der Waals surface area contributed by atoms with Gasteiger partial charge >= 0.3 is 0 Å². The van der Waals surface area contributed by atoms with Crippen molar-refractivity contribution in [3.8, 4) is 0 Å². The van der Waals surface area contributed by atoms with Crippen LogP contribution in [0.1, 0.15) is 20.2 Å². The minimum absolute atomic E-state index is 0.103. The molecule has 3 rings (SSSR count). The van der Waals surface area contributed by atoms with Crippen LogP contribution in [-0.4, -0.2) is 11.8 Å². The highest BCUT2D eigenvalue weighted by Gasteiger charge is 2.14. The fraction of sp³-hybridized carbons (Fsp3) is 0. The Balaban J connectivity index is 1.68. The number of anilines is 2. The first kappa shape index (κ1) is 16.2. The minimum atomic E-state index is -0.489. The average Bonchev–Trinajstić information content (AvgIpc) is 3.21. The number of carbonyl (C=O) groups excluding carboxylic acids is 2. The Hall–Kier alpha value is -2.64. The predicted molar refractivity (Wildman–Crippen MR) is 90.3 cm³/mol. The molecular formula is C16H10ClFN2O3S. The largest absolute Gasteiger partial charge is 0.459 e. The molecule has 2 N–H and O–H groups in total. The van der Waals surface area contributed by atoms with Gasteiger partial charge in [-0.15, -0.1) is 11.3 Å². The van der Waals surface area contributed by atoms with E-state index in [0.717, 1.165) is 17.4 Å². The van der Waals surface area contributed by atoms with E-state index >= 15 is 0 Å². The Morgan fingerprint density at radius 3 is 2.62 bits per heavy atom. The van der Waals surface area contributed by atoms with E-state index in [1.54, 1.807) is 18.2 Å². The fourth-order valence-electron chi connectivity index (χ4n) is 1.88. The van der Waals surface area contributed by atoms with E-state index in [1.165, 1.54) is 24.5 Å². The number of rotatable bonds is 4. The maximum atomic E-state index is 13.0. The monoisotopic (exact) mass is 364 g/mol. The third kappa shape index (κ3) is 3.64. The number of amides is 2. The summed E-state index contributed by atoms with van der Waals surface area (Å²) in [5.74, 6) is -1.13. The van der Waals surface area contributed by atoms with Gasteiger partial charge in [0, 0.05) is 0 Å². The molecule has 0 radical (unpaired) electrons. The van der Waals surface area contributed by atoms with E-state index in [0.29, 0.717) is 15.6 Å². The summed E-state index contributed by atoms with van der Waals surface area (Å²) >= 11 is 6.97.